The fourth-order valence-corrected chi connectivity index (χ4v) is 5.09. The Bertz CT molecular complexity index is 506. The van der Waals surface area contributed by atoms with Crippen molar-refractivity contribution in [3.05, 3.63) is 35.4 Å². The molecule has 3 aliphatic rings. The Balaban J connectivity index is 1.48. The topological polar surface area (TPSA) is 21.3 Å². The summed E-state index contributed by atoms with van der Waals surface area (Å²) < 4.78 is 6.04. The van der Waals surface area contributed by atoms with Crippen molar-refractivity contribution in [2.45, 2.75) is 70.1 Å². The van der Waals surface area contributed by atoms with Crippen LogP contribution in [0.3, 0.4) is 0 Å². The van der Waals surface area contributed by atoms with Crippen LogP contribution in [0.5, 0.6) is 0 Å². The largest absolute Gasteiger partial charge is 0.378 e. The molecular formula is C19H27NO. The first-order valence-corrected chi connectivity index (χ1v) is 8.79. The van der Waals surface area contributed by atoms with Gasteiger partial charge in [-0.3, -0.25) is 0 Å². The molecule has 114 valence electrons. The van der Waals surface area contributed by atoms with Crippen molar-refractivity contribution in [3.63, 3.8) is 0 Å². The minimum absolute atomic E-state index is 0.452. The van der Waals surface area contributed by atoms with E-state index in [9.17, 15) is 0 Å². The van der Waals surface area contributed by atoms with E-state index in [2.05, 4.69) is 36.5 Å². The summed E-state index contributed by atoms with van der Waals surface area (Å²) in [5, 5.41) is 4.01. The summed E-state index contributed by atoms with van der Waals surface area (Å²) in [6.45, 7) is 3.00. The Hall–Kier alpha value is -0.860. The van der Waals surface area contributed by atoms with E-state index in [1.165, 1.54) is 44.9 Å². The molecule has 0 bridgehead atoms. The summed E-state index contributed by atoms with van der Waals surface area (Å²) in [5.41, 5.74) is 3.55. The van der Waals surface area contributed by atoms with E-state index in [1.807, 2.05) is 0 Å². The molecule has 0 saturated heterocycles. The predicted octanol–water partition coefficient (Wildman–Crippen LogP) is 4.00. The fourth-order valence-electron chi connectivity index (χ4n) is 5.09. The zero-order valence-corrected chi connectivity index (χ0v) is 13.1. The highest BCUT2D eigenvalue weighted by Crippen LogP contribution is 2.55. The third-order valence-electron chi connectivity index (χ3n) is 6.22. The molecule has 1 N–H and O–H groups in total. The number of benzene rings is 1. The van der Waals surface area contributed by atoms with Crippen LogP contribution in [0.1, 0.15) is 62.6 Å². The lowest BCUT2D eigenvalue weighted by atomic mass is 9.60. The number of aryl methyl sites for hydroxylation is 1. The van der Waals surface area contributed by atoms with Crippen LogP contribution in [0.15, 0.2) is 24.3 Å². The maximum Gasteiger partial charge on any atom is 0.0661 e. The molecule has 1 spiro atoms. The Labute approximate surface area is 128 Å². The van der Waals surface area contributed by atoms with Crippen molar-refractivity contribution in [1.29, 1.82) is 0 Å². The molecular weight excluding hydrogens is 258 g/mol. The summed E-state index contributed by atoms with van der Waals surface area (Å²) in [7, 11) is 0. The average molecular weight is 285 g/mol. The number of hydrogen-bond donors (Lipinski definition) is 1. The summed E-state index contributed by atoms with van der Waals surface area (Å²) in [4.78, 5) is 0. The Morgan fingerprint density at radius 2 is 2.05 bits per heavy atom. The molecule has 2 saturated carbocycles. The number of ether oxygens (including phenoxy) is 1. The van der Waals surface area contributed by atoms with E-state index in [0.29, 0.717) is 23.6 Å². The second-order valence-electron chi connectivity index (χ2n) is 7.13. The van der Waals surface area contributed by atoms with Crippen molar-refractivity contribution >= 4 is 0 Å². The molecule has 0 amide bonds. The van der Waals surface area contributed by atoms with E-state index in [1.54, 1.807) is 11.1 Å². The molecule has 21 heavy (non-hydrogen) atoms. The first-order chi connectivity index (χ1) is 10.3. The summed E-state index contributed by atoms with van der Waals surface area (Å²) in [6.07, 6.45) is 9.75. The highest BCUT2D eigenvalue weighted by molar-refractivity contribution is 5.34. The van der Waals surface area contributed by atoms with Crippen LogP contribution < -0.4 is 5.32 Å². The molecule has 2 fully saturated rings. The molecule has 3 atom stereocenters. The monoisotopic (exact) mass is 285 g/mol. The standard InChI is InChI=1S/C19H27NO/c1-2-21-18-13-17(19(18)11-5-6-12-19)20-16-10-9-14-7-3-4-8-15(14)16/h3-4,7-8,16-18,20H,2,5-6,9-13H2,1H3. The Morgan fingerprint density at radius 3 is 2.86 bits per heavy atom. The zero-order valence-electron chi connectivity index (χ0n) is 13.1. The molecule has 2 heteroatoms. The van der Waals surface area contributed by atoms with Crippen LogP contribution in [0.25, 0.3) is 0 Å². The van der Waals surface area contributed by atoms with Gasteiger partial charge in [-0.05, 0) is 50.2 Å². The maximum atomic E-state index is 6.04. The van der Waals surface area contributed by atoms with Crippen LogP contribution >= 0.6 is 0 Å². The molecule has 2 nitrogen and oxygen atoms in total. The van der Waals surface area contributed by atoms with Gasteiger partial charge in [0.2, 0.25) is 0 Å². The van der Waals surface area contributed by atoms with Crippen molar-refractivity contribution < 1.29 is 4.74 Å². The van der Waals surface area contributed by atoms with Gasteiger partial charge in [-0.2, -0.15) is 0 Å². The summed E-state index contributed by atoms with van der Waals surface area (Å²) in [6, 6.07) is 10.2. The molecule has 3 unspecified atom stereocenters. The molecule has 0 radical (unpaired) electrons. The highest BCUT2D eigenvalue weighted by atomic mass is 16.5. The first-order valence-electron chi connectivity index (χ1n) is 8.79. The van der Waals surface area contributed by atoms with Gasteiger partial charge in [0.05, 0.1) is 6.10 Å². The number of hydrogen-bond acceptors (Lipinski definition) is 2. The van der Waals surface area contributed by atoms with E-state index in [-0.39, 0.29) is 0 Å². The van der Waals surface area contributed by atoms with E-state index < -0.39 is 0 Å². The van der Waals surface area contributed by atoms with Gasteiger partial charge in [-0.15, -0.1) is 0 Å². The van der Waals surface area contributed by atoms with Crippen molar-refractivity contribution in [1.82, 2.24) is 5.32 Å². The lowest BCUT2D eigenvalue weighted by Gasteiger charge is -2.55. The summed E-state index contributed by atoms with van der Waals surface area (Å²) in [5.74, 6) is 0. The molecule has 0 aromatic heterocycles. The van der Waals surface area contributed by atoms with Gasteiger partial charge in [0.15, 0.2) is 0 Å². The number of nitrogens with one attached hydrogen (secondary N) is 1. The highest BCUT2D eigenvalue weighted by Gasteiger charge is 2.57. The molecule has 4 rings (SSSR count). The Morgan fingerprint density at radius 1 is 1.24 bits per heavy atom. The predicted molar refractivity (Wildman–Crippen MR) is 85.4 cm³/mol. The third kappa shape index (κ3) is 2.15. The molecule has 3 aliphatic carbocycles. The molecule has 1 aromatic carbocycles. The van der Waals surface area contributed by atoms with Crippen LogP contribution in [0.2, 0.25) is 0 Å². The molecule has 0 heterocycles. The van der Waals surface area contributed by atoms with E-state index in [0.717, 1.165) is 6.61 Å². The smallest absolute Gasteiger partial charge is 0.0661 e. The van der Waals surface area contributed by atoms with E-state index >= 15 is 0 Å². The van der Waals surface area contributed by atoms with Gasteiger partial charge in [-0.1, -0.05) is 37.1 Å². The zero-order chi connectivity index (χ0) is 14.3. The lowest BCUT2D eigenvalue weighted by Crippen LogP contribution is -2.63. The molecule has 0 aliphatic heterocycles. The number of rotatable bonds is 4. The lowest BCUT2D eigenvalue weighted by molar-refractivity contribution is -0.132. The third-order valence-corrected chi connectivity index (χ3v) is 6.22. The van der Waals surface area contributed by atoms with Crippen LogP contribution in [-0.2, 0) is 11.2 Å². The van der Waals surface area contributed by atoms with Gasteiger partial charge in [0, 0.05) is 24.1 Å². The maximum absolute atomic E-state index is 6.04. The van der Waals surface area contributed by atoms with Crippen LogP contribution in [0, 0.1) is 5.41 Å². The quantitative estimate of drug-likeness (QED) is 0.903. The van der Waals surface area contributed by atoms with Gasteiger partial charge in [0.25, 0.3) is 0 Å². The first kappa shape index (κ1) is 13.8. The summed E-state index contributed by atoms with van der Waals surface area (Å²) >= 11 is 0. The van der Waals surface area contributed by atoms with Crippen LogP contribution in [-0.4, -0.2) is 18.8 Å². The van der Waals surface area contributed by atoms with Gasteiger partial charge >= 0.3 is 0 Å². The minimum Gasteiger partial charge on any atom is -0.378 e. The second-order valence-corrected chi connectivity index (χ2v) is 7.13. The normalized spacial score (nSPS) is 33.1. The van der Waals surface area contributed by atoms with Crippen LogP contribution in [0.4, 0.5) is 0 Å². The fraction of sp³-hybridized carbons (Fsp3) is 0.684. The van der Waals surface area contributed by atoms with Gasteiger partial charge < -0.3 is 10.1 Å². The van der Waals surface area contributed by atoms with E-state index in [4.69, 9.17) is 4.74 Å². The van der Waals surface area contributed by atoms with Gasteiger partial charge in [0.1, 0.15) is 0 Å². The molecule has 1 aromatic rings. The van der Waals surface area contributed by atoms with Crippen molar-refractivity contribution in [3.8, 4) is 0 Å². The minimum atomic E-state index is 0.452. The van der Waals surface area contributed by atoms with Crippen molar-refractivity contribution in [2.75, 3.05) is 6.61 Å². The van der Waals surface area contributed by atoms with Gasteiger partial charge in [-0.25, -0.2) is 0 Å². The number of fused-ring (bicyclic) bond motifs is 1. The SMILES string of the molecule is CCOC1CC(NC2CCc3ccccc32)C12CCCC2. The Kier molecular flexibility index (Phi) is 3.55. The second kappa shape index (κ2) is 5.40. The van der Waals surface area contributed by atoms with Crippen molar-refractivity contribution in [2.24, 2.45) is 5.41 Å². The average Bonchev–Trinajstić information content (AvgIpc) is 3.15.